The fourth-order valence-corrected chi connectivity index (χ4v) is 4.56. The second-order valence-electron chi connectivity index (χ2n) is 9.11. The Labute approximate surface area is 208 Å². The Morgan fingerprint density at radius 1 is 1.06 bits per heavy atom. The van der Waals surface area contributed by atoms with Crippen molar-refractivity contribution < 1.29 is 19.1 Å². The third-order valence-electron chi connectivity index (χ3n) is 6.30. The molecule has 0 aliphatic carbocycles. The predicted octanol–water partition coefficient (Wildman–Crippen LogP) is 4.36. The van der Waals surface area contributed by atoms with Gasteiger partial charge in [-0.25, -0.2) is 0 Å². The molecule has 0 bridgehead atoms. The van der Waals surface area contributed by atoms with Crippen molar-refractivity contribution in [2.75, 3.05) is 51.4 Å². The number of rotatable bonds is 14. The van der Waals surface area contributed by atoms with Crippen LogP contribution in [-0.2, 0) is 22.6 Å². The largest absolute Gasteiger partial charge is 0.389 e. The molecule has 1 atom stereocenters. The fourth-order valence-electron chi connectivity index (χ4n) is 4.56. The number of aromatic nitrogens is 1. The molecule has 35 heavy (non-hydrogen) atoms. The molecule has 1 aliphatic heterocycles. The van der Waals surface area contributed by atoms with Crippen LogP contribution in [0.5, 0.6) is 0 Å². The summed E-state index contributed by atoms with van der Waals surface area (Å²) >= 11 is 0. The minimum atomic E-state index is -0.600. The van der Waals surface area contributed by atoms with E-state index in [-0.39, 0.29) is 6.61 Å². The zero-order valence-electron chi connectivity index (χ0n) is 20.6. The molecule has 7 nitrogen and oxygen atoms in total. The maximum Gasteiger partial charge on any atom is 0.232 e. The van der Waals surface area contributed by atoms with Gasteiger partial charge in [-0.3, -0.25) is 4.90 Å². The first-order valence-corrected chi connectivity index (χ1v) is 12.5. The first kappa shape index (κ1) is 25.4. The highest BCUT2D eigenvalue weighted by Gasteiger charge is 2.26. The Bertz CT molecular complexity index is 990. The van der Waals surface area contributed by atoms with Crippen molar-refractivity contribution in [3.8, 4) is 11.3 Å². The van der Waals surface area contributed by atoms with Crippen molar-refractivity contribution in [3.05, 3.63) is 71.8 Å². The summed E-state index contributed by atoms with van der Waals surface area (Å²) in [6.07, 6.45) is 2.60. The number of aliphatic hydroxyl groups is 1. The fraction of sp³-hybridized carbons (Fsp3) is 0.464. The molecule has 0 radical (unpaired) electrons. The van der Waals surface area contributed by atoms with Gasteiger partial charge in [0.05, 0.1) is 24.9 Å². The zero-order valence-corrected chi connectivity index (χ0v) is 20.6. The van der Waals surface area contributed by atoms with Crippen LogP contribution in [0.1, 0.15) is 30.4 Å². The maximum absolute atomic E-state index is 10.8. The Kier molecular flexibility index (Phi) is 9.72. The molecule has 0 amide bonds. The van der Waals surface area contributed by atoms with Crippen molar-refractivity contribution in [2.24, 2.45) is 0 Å². The summed E-state index contributed by atoms with van der Waals surface area (Å²) in [6, 6.07) is 20.2. The topological polar surface area (TPSA) is 71.2 Å². The standard InChI is InChI=1S/C28H37N3O4/c1-33-18-10-15-30(19-25(32)22-34-21-23-11-4-2-5-12-23)20-26-27(24-13-6-3-7-14-24)29-35-28(26)31-16-8-9-17-31/h2-7,11-14,25,32H,8-10,15-22H2,1H3. The summed E-state index contributed by atoms with van der Waals surface area (Å²) in [5, 5.41) is 15.3. The summed E-state index contributed by atoms with van der Waals surface area (Å²) < 4.78 is 17.0. The monoisotopic (exact) mass is 479 g/mol. The summed E-state index contributed by atoms with van der Waals surface area (Å²) in [5.41, 5.74) is 4.09. The lowest BCUT2D eigenvalue weighted by atomic mass is 10.1. The number of nitrogens with zero attached hydrogens (tertiary/aromatic N) is 3. The van der Waals surface area contributed by atoms with E-state index in [1.54, 1.807) is 7.11 Å². The molecule has 1 N–H and O–H groups in total. The molecule has 0 spiro atoms. The molecule has 1 saturated heterocycles. The van der Waals surface area contributed by atoms with Crippen molar-refractivity contribution in [1.29, 1.82) is 0 Å². The van der Waals surface area contributed by atoms with Crippen LogP contribution < -0.4 is 4.90 Å². The van der Waals surface area contributed by atoms with Crippen LogP contribution in [0.15, 0.2) is 65.2 Å². The Morgan fingerprint density at radius 2 is 1.77 bits per heavy atom. The van der Waals surface area contributed by atoms with E-state index in [1.165, 1.54) is 0 Å². The van der Waals surface area contributed by atoms with Gasteiger partial charge in [0.15, 0.2) is 0 Å². The van der Waals surface area contributed by atoms with E-state index in [2.05, 4.69) is 27.1 Å². The van der Waals surface area contributed by atoms with Gasteiger partial charge in [0, 0.05) is 52.0 Å². The van der Waals surface area contributed by atoms with Crippen LogP contribution in [-0.4, -0.2) is 67.8 Å². The molecule has 1 fully saturated rings. The Hall–Kier alpha value is -2.71. The van der Waals surface area contributed by atoms with Crippen molar-refractivity contribution >= 4 is 5.88 Å². The average molecular weight is 480 g/mol. The first-order valence-electron chi connectivity index (χ1n) is 12.5. The van der Waals surface area contributed by atoms with Crippen LogP contribution in [0.25, 0.3) is 11.3 Å². The quantitative estimate of drug-likeness (QED) is 0.345. The molecule has 4 rings (SSSR count). The van der Waals surface area contributed by atoms with Crippen molar-refractivity contribution in [2.45, 2.75) is 38.5 Å². The molecule has 2 heterocycles. The predicted molar refractivity (Wildman–Crippen MR) is 137 cm³/mol. The van der Waals surface area contributed by atoms with Gasteiger partial charge in [-0.15, -0.1) is 0 Å². The highest BCUT2D eigenvalue weighted by atomic mass is 16.5. The number of methoxy groups -OCH3 is 1. The second-order valence-corrected chi connectivity index (χ2v) is 9.11. The summed E-state index contributed by atoms with van der Waals surface area (Å²) in [6.45, 7) is 5.34. The van der Waals surface area contributed by atoms with Gasteiger partial charge < -0.3 is 24.0 Å². The summed E-state index contributed by atoms with van der Waals surface area (Å²) in [7, 11) is 1.72. The van der Waals surface area contributed by atoms with Gasteiger partial charge >= 0.3 is 0 Å². The van der Waals surface area contributed by atoms with Crippen molar-refractivity contribution in [3.63, 3.8) is 0 Å². The average Bonchev–Trinajstić information content (AvgIpc) is 3.55. The molecular weight excluding hydrogens is 442 g/mol. The van der Waals surface area contributed by atoms with E-state index >= 15 is 0 Å². The molecule has 1 aromatic heterocycles. The SMILES string of the molecule is COCCCN(Cc1c(-c2ccccc2)noc1N1CCCC1)CC(O)COCc1ccccc1. The minimum Gasteiger partial charge on any atom is -0.389 e. The Balaban J connectivity index is 1.47. The molecule has 7 heteroatoms. The van der Waals surface area contributed by atoms with Gasteiger partial charge in [0.1, 0.15) is 5.69 Å². The van der Waals surface area contributed by atoms with Gasteiger partial charge in [-0.05, 0) is 24.8 Å². The van der Waals surface area contributed by atoms with Crippen LogP contribution in [0.4, 0.5) is 5.88 Å². The zero-order chi connectivity index (χ0) is 24.3. The lowest BCUT2D eigenvalue weighted by Gasteiger charge is -2.26. The smallest absolute Gasteiger partial charge is 0.232 e. The van der Waals surface area contributed by atoms with E-state index < -0.39 is 6.10 Å². The third-order valence-corrected chi connectivity index (χ3v) is 6.30. The number of benzene rings is 2. The molecule has 1 unspecified atom stereocenters. The maximum atomic E-state index is 10.8. The van der Waals surface area contributed by atoms with Crippen LogP contribution >= 0.6 is 0 Å². The number of anilines is 1. The van der Waals surface area contributed by atoms with Gasteiger partial charge in [-0.2, -0.15) is 0 Å². The number of ether oxygens (including phenoxy) is 2. The molecule has 0 saturated carbocycles. The summed E-state index contributed by atoms with van der Waals surface area (Å²) in [5.74, 6) is 0.855. The Morgan fingerprint density at radius 3 is 2.49 bits per heavy atom. The highest BCUT2D eigenvalue weighted by molar-refractivity contribution is 5.68. The van der Waals surface area contributed by atoms with Crippen LogP contribution in [0.3, 0.4) is 0 Å². The highest BCUT2D eigenvalue weighted by Crippen LogP contribution is 2.34. The van der Waals surface area contributed by atoms with E-state index in [4.69, 9.17) is 14.0 Å². The van der Waals surface area contributed by atoms with E-state index in [9.17, 15) is 5.11 Å². The van der Waals surface area contributed by atoms with Gasteiger partial charge in [0.25, 0.3) is 0 Å². The molecular formula is C28H37N3O4. The van der Waals surface area contributed by atoms with Crippen LogP contribution in [0.2, 0.25) is 0 Å². The molecule has 2 aromatic carbocycles. The lowest BCUT2D eigenvalue weighted by Crippen LogP contribution is -2.36. The van der Waals surface area contributed by atoms with Gasteiger partial charge in [-0.1, -0.05) is 65.8 Å². The molecule has 3 aromatic rings. The van der Waals surface area contributed by atoms with E-state index in [0.717, 1.165) is 67.2 Å². The van der Waals surface area contributed by atoms with Crippen LogP contribution in [0, 0.1) is 0 Å². The molecule has 188 valence electrons. The number of hydrogen-bond donors (Lipinski definition) is 1. The number of hydrogen-bond acceptors (Lipinski definition) is 7. The number of aliphatic hydroxyl groups excluding tert-OH is 1. The molecule has 1 aliphatic rings. The minimum absolute atomic E-state index is 0.282. The normalized spacial score (nSPS) is 14.7. The first-order chi connectivity index (χ1) is 17.2. The van der Waals surface area contributed by atoms with E-state index in [1.807, 2.05) is 48.5 Å². The summed E-state index contributed by atoms with van der Waals surface area (Å²) in [4.78, 5) is 4.55. The van der Waals surface area contributed by atoms with E-state index in [0.29, 0.717) is 26.3 Å². The third kappa shape index (κ3) is 7.39. The van der Waals surface area contributed by atoms with Crippen molar-refractivity contribution in [1.82, 2.24) is 10.1 Å². The second kappa shape index (κ2) is 13.4. The van der Waals surface area contributed by atoms with Gasteiger partial charge in [0.2, 0.25) is 5.88 Å². The lowest BCUT2D eigenvalue weighted by molar-refractivity contribution is 0.00741.